The maximum atomic E-state index is 10.2. The maximum absolute atomic E-state index is 10.2. The van der Waals surface area contributed by atoms with Crippen molar-refractivity contribution in [2.75, 3.05) is 0 Å². The van der Waals surface area contributed by atoms with Gasteiger partial charge in [-0.25, -0.2) is 0 Å². The largest absolute Gasteiger partial charge is 1.00 e. The second-order valence-electron chi connectivity index (χ2n) is 5.81. The Morgan fingerprint density at radius 1 is 0.846 bits per heavy atom. The van der Waals surface area contributed by atoms with E-state index >= 15 is 0 Å². The average molecular weight is 391 g/mol. The van der Waals surface area contributed by atoms with Gasteiger partial charge in [0.1, 0.15) is 0 Å². The molecule has 0 unspecified atom stereocenters. The Hall–Kier alpha value is 0.370. The van der Waals surface area contributed by atoms with Crippen LogP contribution >= 0.6 is 0 Å². The van der Waals surface area contributed by atoms with Gasteiger partial charge in [-0.2, -0.15) is 0 Å². The monoisotopic (exact) mass is 391 g/mol. The SMILES string of the molecule is CCCCCCCCCCCC(=O)O.N[C@@H](CCC(=O)[O-])C(=O)[O-].[Na+].[Na+]. The van der Waals surface area contributed by atoms with Crippen molar-refractivity contribution in [3.63, 3.8) is 0 Å². The van der Waals surface area contributed by atoms with Crippen molar-refractivity contribution in [3.05, 3.63) is 0 Å². The molecule has 3 N–H and O–H groups in total. The van der Waals surface area contributed by atoms with Crippen molar-refractivity contribution in [3.8, 4) is 0 Å². The Kier molecular flexibility index (Phi) is 33.1. The van der Waals surface area contributed by atoms with Crippen LogP contribution in [0.1, 0.15) is 84.0 Å². The Morgan fingerprint density at radius 2 is 1.27 bits per heavy atom. The Bertz CT molecular complexity index is 356. The van der Waals surface area contributed by atoms with Crippen LogP contribution in [-0.2, 0) is 14.4 Å². The predicted molar refractivity (Wildman–Crippen MR) is 86.7 cm³/mol. The summed E-state index contributed by atoms with van der Waals surface area (Å²) in [6, 6.07) is -1.21. The number of carboxylic acid groups (broad SMARTS) is 3. The standard InChI is InChI=1S/C12H24O2.C5H9NO4.2Na/c1-2-3-4-5-6-7-8-9-10-11-12(13)14;6-3(5(9)10)1-2-4(7)8;;/h2-11H2,1H3,(H,13,14);3H,1-2,6H2,(H,7,8)(H,9,10);;/q;;2*+1/p-2/t;3-;;/m.0../s1. The molecule has 0 amide bonds. The molecular weight excluding hydrogens is 360 g/mol. The van der Waals surface area contributed by atoms with Gasteiger partial charge in [-0.3, -0.25) is 4.79 Å². The van der Waals surface area contributed by atoms with Crippen LogP contribution in [0.3, 0.4) is 0 Å². The van der Waals surface area contributed by atoms with Gasteiger partial charge in [0.2, 0.25) is 0 Å². The van der Waals surface area contributed by atoms with E-state index in [1.54, 1.807) is 0 Å². The Labute approximate surface area is 201 Å². The van der Waals surface area contributed by atoms with Gasteiger partial charge in [0.25, 0.3) is 0 Å². The number of rotatable bonds is 14. The minimum atomic E-state index is -1.44. The molecule has 0 saturated carbocycles. The molecule has 0 aliphatic rings. The summed E-state index contributed by atoms with van der Waals surface area (Å²) in [5.41, 5.74) is 4.91. The quantitative estimate of drug-likeness (QED) is 0.222. The van der Waals surface area contributed by atoms with Crippen molar-refractivity contribution < 1.29 is 88.8 Å². The fraction of sp³-hybridized carbons (Fsp3) is 0.824. The number of unbranched alkanes of at least 4 members (excludes halogenated alkanes) is 8. The third-order valence-corrected chi connectivity index (χ3v) is 3.46. The van der Waals surface area contributed by atoms with Gasteiger partial charge in [-0.15, -0.1) is 0 Å². The number of carbonyl (C=O) groups excluding carboxylic acids is 2. The summed E-state index contributed by atoms with van der Waals surface area (Å²) < 4.78 is 0. The molecule has 1 atom stereocenters. The Morgan fingerprint density at radius 3 is 1.62 bits per heavy atom. The van der Waals surface area contributed by atoms with Crippen LogP contribution in [-0.4, -0.2) is 29.1 Å². The van der Waals surface area contributed by atoms with Gasteiger partial charge in [0, 0.05) is 18.4 Å². The average Bonchev–Trinajstić information content (AvgIpc) is 2.51. The zero-order valence-corrected chi connectivity index (χ0v) is 20.6. The molecule has 26 heavy (non-hydrogen) atoms. The summed E-state index contributed by atoms with van der Waals surface area (Å²) in [6.45, 7) is 2.23. The molecule has 9 heteroatoms. The molecule has 0 spiro atoms. The third kappa shape index (κ3) is 32.1. The van der Waals surface area contributed by atoms with Crippen molar-refractivity contribution in [2.45, 2.75) is 90.0 Å². The van der Waals surface area contributed by atoms with E-state index in [0.717, 1.165) is 12.8 Å². The molecule has 0 radical (unpaired) electrons. The van der Waals surface area contributed by atoms with Crippen LogP contribution in [0, 0.1) is 0 Å². The summed E-state index contributed by atoms with van der Waals surface area (Å²) in [5, 5.41) is 28.0. The van der Waals surface area contributed by atoms with Crippen LogP contribution in [0.2, 0.25) is 0 Å². The second-order valence-corrected chi connectivity index (χ2v) is 5.81. The normalized spacial score (nSPS) is 10.4. The number of hydrogen-bond acceptors (Lipinski definition) is 6. The molecule has 0 aliphatic heterocycles. The van der Waals surface area contributed by atoms with Crippen molar-refractivity contribution in [1.82, 2.24) is 0 Å². The first-order valence-electron chi connectivity index (χ1n) is 8.69. The first-order valence-corrected chi connectivity index (χ1v) is 8.69. The van der Waals surface area contributed by atoms with Gasteiger partial charge in [0.15, 0.2) is 0 Å². The predicted octanol–water partition coefficient (Wildman–Crippen LogP) is -5.41. The zero-order chi connectivity index (χ0) is 18.8. The van der Waals surface area contributed by atoms with Crippen LogP contribution in [0.25, 0.3) is 0 Å². The van der Waals surface area contributed by atoms with E-state index in [-0.39, 0.29) is 72.0 Å². The van der Waals surface area contributed by atoms with E-state index in [0.29, 0.717) is 6.42 Å². The van der Waals surface area contributed by atoms with E-state index < -0.39 is 23.9 Å². The molecule has 7 nitrogen and oxygen atoms in total. The minimum absolute atomic E-state index is 0. The van der Waals surface area contributed by atoms with E-state index in [2.05, 4.69) is 6.92 Å². The van der Waals surface area contributed by atoms with E-state index in [9.17, 15) is 24.6 Å². The van der Waals surface area contributed by atoms with Crippen LogP contribution in [0.15, 0.2) is 0 Å². The van der Waals surface area contributed by atoms with Gasteiger partial charge < -0.3 is 30.6 Å². The summed E-state index contributed by atoms with van der Waals surface area (Å²) in [5.74, 6) is -3.41. The number of aliphatic carboxylic acids is 3. The topological polar surface area (TPSA) is 144 Å². The third-order valence-electron chi connectivity index (χ3n) is 3.46. The van der Waals surface area contributed by atoms with Gasteiger partial charge in [-0.1, -0.05) is 58.3 Å². The summed E-state index contributed by atoms with van der Waals surface area (Å²) in [7, 11) is 0. The summed E-state index contributed by atoms with van der Waals surface area (Å²) in [6.07, 6.45) is 11.0. The van der Waals surface area contributed by atoms with E-state index in [4.69, 9.17) is 10.8 Å². The minimum Gasteiger partial charge on any atom is -0.550 e. The van der Waals surface area contributed by atoms with Crippen LogP contribution in [0.5, 0.6) is 0 Å². The Balaban J connectivity index is -0.000000181. The number of carbonyl (C=O) groups is 3. The van der Waals surface area contributed by atoms with Crippen LogP contribution < -0.4 is 75.1 Å². The van der Waals surface area contributed by atoms with E-state index in [1.807, 2.05) is 0 Å². The first-order chi connectivity index (χ1) is 11.3. The molecule has 0 saturated heterocycles. The molecular formula is C17H31NNa2O6. The molecule has 0 fully saturated rings. The molecule has 0 aromatic carbocycles. The van der Waals surface area contributed by atoms with Crippen LogP contribution in [0.4, 0.5) is 0 Å². The molecule has 0 aromatic rings. The fourth-order valence-corrected chi connectivity index (χ4v) is 1.98. The number of hydrogen-bond donors (Lipinski definition) is 2. The maximum Gasteiger partial charge on any atom is 1.00 e. The van der Waals surface area contributed by atoms with Gasteiger partial charge in [-0.05, 0) is 19.3 Å². The molecule has 0 rings (SSSR count). The van der Waals surface area contributed by atoms with Crippen molar-refractivity contribution in [2.24, 2.45) is 5.73 Å². The zero-order valence-electron chi connectivity index (χ0n) is 16.6. The summed E-state index contributed by atoms with van der Waals surface area (Å²) in [4.78, 5) is 29.8. The molecule has 142 valence electrons. The molecule has 0 bridgehead atoms. The number of carboxylic acids is 3. The molecule has 0 heterocycles. The van der Waals surface area contributed by atoms with Gasteiger partial charge in [0.05, 0.1) is 5.97 Å². The molecule has 0 aliphatic carbocycles. The smallest absolute Gasteiger partial charge is 0.550 e. The van der Waals surface area contributed by atoms with E-state index in [1.165, 1.54) is 44.9 Å². The number of nitrogens with two attached hydrogens (primary N) is 1. The van der Waals surface area contributed by atoms with Gasteiger partial charge >= 0.3 is 65.1 Å². The molecule has 0 aromatic heterocycles. The fourth-order valence-electron chi connectivity index (χ4n) is 1.98. The van der Waals surface area contributed by atoms with Crippen molar-refractivity contribution >= 4 is 17.9 Å². The second kappa shape index (κ2) is 25.4. The summed E-state index contributed by atoms with van der Waals surface area (Å²) >= 11 is 0. The first kappa shape index (κ1) is 33.9. The van der Waals surface area contributed by atoms with Crippen molar-refractivity contribution in [1.29, 1.82) is 0 Å².